The quantitative estimate of drug-likeness (QED) is 0.133. The maximum atomic E-state index is 2.55. The molecule has 0 aromatic heterocycles. The number of rotatable bonds is 0. The zero-order valence-electron chi connectivity index (χ0n) is 39.2. The zero-order chi connectivity index (χ0) is 47.0. The van der Waals surface area contributed by atoms with Gasteiger partial charge in [0.25, 0.3) is 0 Å². The van der Waals surface area contributed by atoms with Crippen molar-refractivity contribution < 1.29 is 0 Å². The molecule has 0 saturated carbocycles. The highest BCUT2D eigenvalue weighted by atomic mass is 14.2. The molecule has 0 heterocycles. The smallest absolute Gasteiger partial charge is 0.00921 e. The summed E-state index contributed by atoms with van der Waals surface area (Å²) < 4.78 is 0. The van der Waals surface area contributed by atoms with Crippen LogP contribution in [0.2, 0.25) is 0 Å². The first-order valence-electron chi connectivity index (χ1n) is 25.2. The van der Waals surface area contributed by atoms with E-state index >= 15 is 0 Å². The van der Waals surface area contributed by atoms with E-state index < -0.39 is 0 Å². The number of hydrogen-bond donors (Lipinski definition) is 0. The van der Waals surface area contributed by atoms with Gasteiger partial charge in [-0.2, -0.15) is 0 Å². The van der Waals surface area contributed by atoms with Crippen LogP contribution in [0.25, 0.3) is 162 Å². The van der Waals surface area contributed by atoms with E-state index in [-0.39, 0.29) is 0 Å². The first-order chi connectivity index (χ1) is 35.7. The van der Waals surface area contributed by atoms with Crippen molar-refractivity contribution in [1.82, 2.24) is 0 Å². The number of hydrogen-bond acceptors (Lipinski definition) is 0. The fourth-order valence-corrected chi connectivity index (χ4v) is 13.0. The molecule has 330 valence electrons. The van der Waals surface area contributed by atoms with Gasteiger partial charge in [0.1, 0.15) is 0 Å². The summed E-state index contributed by atoms with van der Waals surface area (Å²) in [6.07, 6.45) is 0. The topological polar surface area (TPSA) is 0 Å². The normalized spacial score (nSPS) is 12.2. The standard InChI is InChI=1S/C72H42/c1-2-20-44-43(19-1)49-25-7-13-31-55(49)61-37-67-68(38-62(61)56-32-14-8-26-50(44)56)70-40-64-58-34-16-10-28-52(58)47-23-5-6-24-48(47)54-30-12-18-36-60(54)66(64)42-72(70)71-41-65-59-35-17-11-29-53(59)46-22-4-3-21-45(46)51-27-9-15-33-57(51)63(65)39-69(67)71/h1-42H. The van der Waals surface area contributed by atoms with Gasteiger partial charge in [0.2, 0.25) is 0 Å². The fourth-order valence-electron chi connectivity index (χ4n) is 13.0. The van der Waals surface area contributed by atoms with Crippen molar-refractivity contribution in [2.75, 3.05) is 0 Å². The molecule has 0 bridgehead atoms. The Kier molecular flexibility index (Phi) is 8.26. The third-order valence-electron chi connectivity index (χ3n) is 16.2. The van der Waals surface area contributed by atoms with Gasteiger partial charge >= 0.3 is 0 Å². The Morgan fingerprint density at radius 1 is 0.0833 bits per heavy atom. The molecule has 16 aromatic carbocycles. The molecular formula is C72H42. The third kappa shape index (κ3) is 5.52. The lowest BCUT2D eigenvalue weighted by molar-refractivity contribution is 1.78. The second-order valence-electron chi connectivity index (χ2n) is 19.7. The van der Waals surface area contributed by atoms with Crippen molar-refractivity contribution in [1.29, 1.82) is 0 Å². The van der Waals surface area contributed by atoms with Crippen LogP contribution in [0.15, 0.2) is 255 Å². The Bertz CT molecular complexity index is 4340. The number of benzene rings is 13. The molecule has 0 atom stereocenters. The van der Waals surface area contributed by atoms with Crippen molar-refractivity contribution in [2.45, 2.75) is 0 Å². The molecule has 0 fully saturated rings. The first-order valence-corrected chi connectivity index (χ1v) is 25.2. The molecule has 16 aromatic rings. The zero-order valence-corrected chi connectivity index (χ0v) is 39.2. The minimum absolute atomic E-state index is 1.24. The van der Waals surface area contributed by atoms with Gasteiger partial charge < -0.3 is 0 Å². The Balaban J connectivity index is 1.24. The second kappa shape index (κ2) is 15.1. The predicted octanol–water partition coefficient (Wildman–Crippen LogP) is 20.7. The lowest BCUT2D eigenvalue weighted by atomic mass is 9.85. The highest BCUT2D eigenvalue weighted by Crippen LogP contribution is 2.47. The van der Waals surface area contributed by atoms with E-state index in [9.17, 15) is 0 Å². The van der Waals surface area contributed by atoms with E-state index in [2.05, 4.69) is 255 Å². The van der Waals surface area contributed by atoms with E-state index in [4.69, 9.17) is 0 Å². The van der Waals surface area contributed by atoms with Crippen LogP contribution in [0.5, 0.6) is 0 Å². The Morgan fingerprint density at radius 3 is 0.250 bits per heavy atom. The van der Waals surface area contributed by atoms with Gasteiger partial charge in [-0.1, -0.05) is 218 Å². The van der Waals surface area contributed by atoms with Crippen LogP contribution in [0, 0.1) is 0 Å². The molecule has 0 nitrogen and oxygen atoms in total. The molecule has 0 unspecified atom stereocenters. The Morgan fingerprint density at radius 2 is 0.153 bits per heavy atom. The minimum atomic E-state index is 1.24. The number of fused-ring (bicyclic) bond motifs is 30. The molecule has 0 aliphatic heterocycles. The molecule has 0 spiro atoms. The molecule has 0 amide bonds. The molecule has 16 rings (SSSR count). The summed E-state index contributed by atoms with van der Waals surface area (Å²) in [5, 5.41) is 37.5. The van der Waals surface area contributed by atoms with Crippen LogP contribution in [-0.2, 0) is 0 Å². The summed E-state index contributed by atoms with van der Waals surface area (Å²) >= 11 is 0. The van der Waals surface area contributed by atoms with Crippen LogP contribution in [0.3, 0.4) is 0 Å². The largest absolute Gasteiger partial charge is 0.0616 e. The van der Waals surface area contributed by atoms with Gasteiger partial charge in [0, 0.05) is 0 Å². The van der Waals surface area contributed by atoms with Crippen molar-refractivity contribution >= 4 is 162 Å². The van der Waals surface area contributed by atoms with E-state index in [1.807, 2.05) is 0 Å². The summed E-state index contributed by atoms with van der Waals surface area (Å²) in [5.74, 6) is 0. The first kappa shape index (κ1) is 39.5. The lowest BCUT2D eigenvalue weighted by Gasteiger charge is -2.18. The van der Waals surface area contributed by atoms with Gasteiger partial charge in [-0.15, -0.1) is 0 Å². The van der Waals surface area contributed by atoms with Crippen LogP contribution in [-0.4, -0.2) is 0 Å². The van der Waals surface area contributed by atoms with E-state index in [1.54, 1.807) is 0 Å². The van der Waals surface area contributed by atoms with Crippen molar-refractivity contribution in [2.24, 2.45) is 0 Å². The van der Waals surface area contributed by atoms with E-state index in [0.29, 0.717) is 0 Å². The summed E-state index contributed by atoms with van der Waals surface area (Å²) in [6.45, 7) is 0. The maximum absolute atomic E-state index is 2.55. The minimum Gasteiger partial charge on any atom is -0.0616 e. The lowest BCUT2D eigenvalue weighted by Crippen LogP contribution is -1.89. The molecule has 0 aliphatic rings. The average Bonchev–Trinajstić information content (AvgIpc) is 3.45. The van der Waals surface area contributed by atoms with Gasteiger partial charge in [0.15, 0.2) is 0 Å². The van der Waals surface area contributed by atoms with Crippen molar-refractivity contribution in [3.63, 3.8) is 0 Å². The monoisotopic (exact) mass is 906 g/mol. The summed E-state index contributed by atoms with van der Waals surface area (Å²) in [4.78, 5) is 0. The summed E-state index contributed by atoms with van der Waals surface area (Å²) in [7, 11) is 0. The van der Waals surface area contributed by atoms with Crippen molar-refractivity contribution in [3.8, 4) is 0 Å². The molecule has 0 heteroatoms. The molecule has 72 heavy (non-hydrogen) atoms. The van der Waals surface area contributed by atoms with E-state index in [1.165, 1.54) is 162 Å². The maximum Gasteiger partial charge on any atom is -0.00921 e. The fraction of sp³-hybridized carbons (Fsp3) is 0. The third-order valence-corrected chi connectivity index (χ3v) is 16.2. The summed E-state index contributed by atoms with van der Waals surface area (Å²) in [6, 6.07) is 96.5. The Labute approximate surface area is 414 Å². The van der Waals surface area contributed by atoms with Crippen LogP contribution in [0.1, 0.15) is 0 Å². The molecule has 0 N–H and O–H groups in total. The van der Waals surface area contributed by atoms with Crippen LogP contribution in [0.4, 0.5) is 0 Å². The van der Waals surface area contributed by atoms with E-state index in [0.717, 1.165) is 0 Å². The predicted molar refractivity (Wildman–Crippen MR) is 315 cm³/mol. The second-order valence-corrected chi connectivity index (χ2v) is 19.7. The summed E-state index contributed by atoms with van der Waals surface area (Å²) in [5.41, 5.74) is 0. The van der Waals surface area contributed by atoms with Crippen LogP contribution < -0.4 is 0 Å². The Hall–Kier alpha value is -9.36. The molecule has 0 saturated heterocycles. The molecule has 0 aliphatic carbocycles. The highest BCUT2D eigenvalue weighted by molar-refractivity contribution is 6.38. The molecular weight excluding hydrogens is 865 g/mol. The van der Waals surface area contributed by atoms with Gasteiger partial charge in [-0.25, -0.2) is 0 Å². The highest BCUT2D eigenvalue weighted by Gasteiger charge is 2.19. The van der Waals surface area contributed by atoms with Gasteiger partial charge in [-0.3, -0.25) is 0 Å². The average molecular weight is 907 g/mol. The SMILES string of the molecule is c1ccc2c(c1)c1ccccc1c1cc3c4cc5c6ccccc6c6ccccc6c6ccccc6c5cc4c4cc5c6ccccc6c6ccccc6c6ccccc6c5cc4c3cc1c1ccccc21. The molecule has 0 radical (unpaired) electrons. The van der Waals surface area contributed by atoms with Gasteiger partial charge in [0.05, 0.1) is 0 Å². The van der Waals surface area contributed by atoms with Crippen molar-refractivity contribution in [3.05, 3.63) is 255 Å². The van der Waals surface area contributed by atoms with Crippen LogP contribution >= 0.6 is 0 Å². The van der Waals surface area contributed by atoms with Gasteiger partial charge in [-0.05, 0) is 198 Å².